The molecule has 2 rings (SSSR count). The zero-order chi connectivity index (χ0) is 15.8. The van der Waals surface area contributed by atoms with Gasteiger partial charge in [0.25, 0.3) is 10.0 Å². The first kappa shape index (κ1) is 15.7. The summed E-state index contributed by atoms with van der Waals surface area (Å²) in [6.07, 6.45) is 0. The summed E-state index contributed by atoms with van der Waals surface area (Å²) in [5.41, 5.74) is 9.14. The van der Waals surface area contributed by atoms with Crippen LogP contribution in [0.2, 0.25) is 5.02 Å². The molecule has 4 nitrogen and oxygen atoms in total. The second-order valence-corrected chi connectivity index (χ2v) is 7.13. The van der Waals surface area contributed by atoms with E-state index in [1.807, 2.05) is 13.8 Å². The fraction of sp³-hybridized carbons (Fsp3) is 0.200. The van der Waals surface area contributed by atoms with Gasteiger partial charge >= 0.3 is 0 Å². The molecule has 0 aliphatic carbocycles. The number of sulfonamides is 1. The monoisotopic (exact) mass is 324 g/mol. The number of hydrogen-bond acceptors (Lipinski definition) is 3. The van der Waals surface area contributed by atoms with Crippen molar-refractivity contribution in [2.45, 2.75) is 25.7 Å². The largest absolute Gasteiger partial charge is 0.398 e. The van der Waals surface area contributed by atoms with E-state index in [2.05, 4.69) is 4.72 Å². The maximum Gasteiger partial charge on any atom is 0.263 e. The van der Waals surface area contributed by atoms with Crippen molar-refractivity contribution < 1.29 is 8.42 Å². The van der Waals surface area contributed by atoms with E-state index in [-0.39, 0.29) is 10.6 Å². The fourth-order valence-corrected chi connectivity index (χ4v) is 3.54. The molecule has 0 atom stereocenters. The molecule has 0 saturated carbocycles. The first-order valence-corrected chi connectivity index (χ1v) is 8.22. The minimum absolute atomic E-state index is 0.0833. The Kier molecular flexibility index (Phi) is 4.16. The number of halogens is 1. The van der Waals surface area contributed by atoms with Crippen LogP contribution >= 0.6 is 11.6 Å². The third-order valence-corrected chi connectivity index (χ3v) is 5.00. The Labute approximate surface area is 130 Å². The van der Waals surface area contributed by atoms with Crippen LogP contribution in [-0.4, -0.2) is 8.42 Å². The molecule has 0 fully saturated rings. The third kappa shape index (κ3) is 3.31. The van der Waals surface area contributed by atoms with Crippen molar-refractivity contribution in [1.29, 1.82) is 0 Å². The Morgan fingerprint density at radius 1 is 1.00 bits per heavy atom. The highest BCUT2D eigenvalue weighted by Gasteiger charge is 2.19. The lowest BCUT2D eigenvalue weighted by Gasteiger charge is -2.14. The van der Waals surface area contributed by atoms with E-state index in [1.54, 1.807) is 37.3 Å². The number of rotatable bonds is 3. The van der Waals surface area contributed by atoms with E-state index >= 15 is 0 Å². The van der Waals surface area contributed by atoms with Gasteiger partial charge in [0.15, 0.2) is 0 Å². The molecule has 0 saturated heterocycles. The zero-order valence-corrected chi connectivity index (χ0v) is 13.6. The second kappa shape index (κ2) is 5.58. The quantitative estimate of drug-likeness (QED) is 0.846. The molecule has 0 unspecified atom stereocenters. The molecule has 6 heteroatoms. The van der Waals surface area contributed by atoms with Crippen molar-refractivity contribution in [3.05, 3.63) is 52.0 Å². The third-order valence-electron chi connectivity index (χ3n) is 3.35. The van der Waals surface area contributed by atoms with E-state index in [1.165, 1.54) is 0 Å². The van der Waals surface area contributed by atoms with Gasteiger partial charge < -0.3 is 5.73 Å². The van der Waals surface area contributed by atoms with E-state index < -0.39 is 10.0 Å². The molecule has 21 heavy (non-hydrogen) atoms. The van der Waals surface area contributed by atoms with Crippen LogP contribution in [-0.2, 0) is 10.0 Å². The second-order valence-electron chi connectivity index (χ2n) is 5.04. The molecule has 0 aromatic heterocycles. The molecule has 0 amide bonds. The summed E-state index contributed by atoms with van der Waals surface area (Å²) in [5, 5.41) is 0.557. The average molecular weight is 325 g/mol. The lowest BCUT2D eigenvalue weighted by molar-refractivity contribution is 0.601. The predicted octanol–water partition coefficient (Wildman–Crippen LogP) is 3.65. The van der Waals surface area contributed by atoms with Gasteiger partial charge in [-0.05, 0) is 67.8 Å². The number of anilines is 2. The van der Waals surface area contributed by atoms with Crippen LogP contribution in [0, 0.1) is 20.8 Å². The van der Waals surface area contributed by atoms with Crippen molar-refractivity contribution >= 4 is 33.0 Å². The van der Waals surface area contributed by atoms with Gasteiger partial charge in [-0.2, -0.15) is 0 Å². The highest BCUT2D eigenvalue weighted by atomic mass is 35.5. The van der Waals surface area contributed by atoms with Gasteiger partial charge in [0.2, 0.25) is 0 Å². The summed E-state index contributed by atoms with van der Waals surface area (Å²) >= 11 is 5.87. The Morgan fingerprint density at radius 2 is 1.62 bits per heavy atom. The van der Waals surface area contributed by atoms with E-state index in [0.717, 1.165) is 16.7 Å². The van der Waals surface area contributed by atoms with Crippen molar-refractivity contribution in [2.75, 3.05) is 10.5 Å². The van der Waals surface area contributed by atoms with Crippen LogP contribution in [0.4, 0.5) is 11.4 Å². The number of hydrogen-bond donors (Lipinski definition) is 2. The van der Waals surface area contributed by atoms with Crippen molar-refractivity contribution in [3.63, 3.8) is 0 Å². The molecule has 2 aromatic rings. The normalized spacial score (nSPS) is 11.4. The van der Waals surface area contributed by atoms with Gasteiger partial charge in [-0.25, -0.2) is 8.42 Å². The van der Waals surface area contributed by atoms with Crippen molar-refractivity contribution in [3.8, 4) is 0 Å². The van der Waals surface area contributed by atoms with E-state index in [4.69, 9.17) is 17.3 Å². The molecule has 3 N–H and O–H groups in total. The zero-order valence-electron chi connectivity index (χ0n) is 12.1. The van der Waals surface area contributed by atoms with Crippen LogP contribution in [0.5, 0.6) is 0 Å². The van der Waals surface area contributed by atoms with Gasteiger partial charge in [0.05, 0.1) is 11.4 Å². The van der Waals surface area contributed by atoms with Crippen LogP contribution in [0.25, 0.3) is 0 Å². The Hall–Kier alpha value is -1.72. The summed E-state index contributed by atoms with van der Waals surface area (Å²) < 4.78 is 27.5. The maximum atomic E-state index is 12.5. The molecule has 0 radical (unpaired) electrons. The molecule has 0 aliphatic heterocycles. The standard InChI is InChI=1S/C15H17ClN2O2S/c1-9-7-13(17)15(8-10(9)2)21(19,20)18-14-5-4-12(16)6-11(14)3/h4-8,18H,17H2,1-3H3. The summed E-state index contributed by atoms with van der Waals surface area (Å²) in [7, 11) is -3.74. The van der Waals surface area contributed by atoms with Crippen LogP contribution < -0.4 is 10.5 Å². The van der Waals surface area contributed by atoms with Gasteiger partial charge in [-0.15, -0.1) is 0 Å². The summed E-state index contributed by atoms with van der Waals surface area (Å²) in [5.74, 6) is 0. The summed E-state index contributed by atoms with van der Waals surface area (Å²) in [6, 6.07) is 8.21. The lowest BCUT2D eigenvalue weighted by Crippen LogP contribution is -2.16. The number of nitrogens with one attached hydrogen (secondary N) is 1. The molecule has 0 spiro atoms. The average Bonchev–Trinajstić information content (AvgIpc) is 2.37. The molecular formula is C15H17ClN2O2S. The van der Waals surface area contributed by atoms with Gasteiger partial charge in [-0.1, -0.05) is 11.6 Å². The Bertz CT molecular complexity index is 802. The minimum Gasteiger partial charge on any atom is -0.398 e. The molecule has 0 heterocycles. The smallest absolute Gasteiger partial charge is 0.263 e. The van der Waals surface area contributed by atoms with Crippen molar-refractivity contribution in [2.24, 2.45) is 0 Å². The first-order chi connectivity index (χ1) is 9.70. The first-order valence-electron chi connectivity index (χ1n) is 6.36. The van der Waals surface area contributed by atoms with Crippen LogP contribution in [0.1, 0.15) is 16.7 Å². The molecular weight excluding hydrogens is 308 g/mol. The fourth-order valence-electron chi connectivity index (χ4n) is 1.99. The van der Waals surface area contributed by atoms with Gasteiger partial charge in [-0.3, -0.25) is 4.72 Å². The minimum atomic E-state index is -3.74. The van der Waals surface area contributed by atoms with E-state index in [9.17, 15) is 8.42 Å². The molecule has 0 aliphatic rings. The topological polar surface area (TPSA) is 72.2 Å². The Balaban J connectivity index is 2.46. The SMILES string of the molecule is Cc1cc(N)c(S(=O)(=O)Nc2ccc(Cl)cc2C)cc1C. The van der Waals surface area contributed by atoms with E-state index in [0.29, 0.717) is 10.7 Å². The highest BCUT2D eigenvalue weighted by molar-refractivity contribution is 7.92. The highest BCUT2D eigenvalue weighted by Crippen LogP contribution is 2.27. The lowest BCUT2D eigenvalue weighted by atomic mass is 10.1. The predicted molar refractivity (Wildman–Crippen MR) is 87.3 cm³/mol. The van der Waals surface area contributed by atoms with Crippen LogP contribution in [0.3, 0.4) is 0 Å². The Morgan fingerprint density at radius 3 is 2.24 bits per heavy atom. The van der Waals surface area contributed by atoms with Crippen molar-refractivity contribution in [1.82, 2.24) is 0 Å². The van der Waals surface area contributed by atoms with Gasteiger partial charge in [0.1, 0.15) is 4.90 Å². The van der Waals surface area contributed by atoms with Crippen LogP contribution in [0.15, 0.2) is 35.2 Å². The van der Waals surface area contributed by atoms with Gasteiger partial charge in [0, 0.05) is 5.02 Å². The number of nitrogens with two attached hydrogens (primary N) is 1. The number of aryl methyl sites for hydroxylation is 3. The molecule has 2 aromatic carbocycles. The number of nitrogen functional groups attached to an aromatic ring is 1. The molecule has 112 valence electrons. The number of benzene rings is 2. The summed E-state index contributed by atoms with van der Waals surface area (Å²) in [6.45, 7) is 5.52. The maximum absolute atomic E-state index is 12.5. The molecule has 0 bridgehead atoms. The summed E-state index contributed by atoms with van der Waals surface area (Å²) in [4.78, 5) is 0.0833.